The van der Waals surface area contributed by atoms with E-state index in [1.54, 1.807) is 0 Å². The standard InChI is InChI=1S/C69H45NO/c1-5-19-47(20-6-1)67-60-30-14-13-27-55(60)56-40-35-49(43-62(56)68(67)48-21-7-2-8-22-48)46-33-36-52(37-34-46)70(53-39-42-66-61(44-53)59-29-16-18-32-65(59)71-66)54-38-41-58-57-28-15-17-31-63(57)69(64(58)45-54,50-23-9-3-10-24-50)51-25-11-4-12-26-51/h1-45H. The smallest absolute Gasteiger partial charge is 0.135 e. The molecule has 0 N–H and O–H groups in total. The van der Waals surface area contributed by atoms with Crippen LogP contribution in [0.15, 0.2) is 277 Å². The predicted molar refractivity (Wildman–Crippen MR) is 297 cm³/mol. The van der Waals surface area contributed by atoms with Gasteiger partial charge in [0.05, 0.1) is 5.41 Å². The van der Waals surface area contributed by atoms with E-state index in [1.165, 1.54) is 82.7 Å². The van der Waals surface area contributed by atoms with Crippen molar-refractivity contribution in [3.63, 3.8) is 0 Å². The molecule has 0 amide bonds. The Morgan fingerprint density at radius 3 is 1.46 bits per heavy atom. The molecule has 0 fully saturated rings. The van der Waals surface area contributed by atoms with Gasteiger partial charge in [-0.15, -0.1) is 0 Å². The molecule has 2 heteroatoms. The minimum Gasteiger partial charge on any atom is -0.456 e. The Kier molecular flexibility index (Phi) is 9.47. The Morgan fingerprint density at radius 1 is 0.268 bits per heavy atom. The summed E-state index contributed by atoms with van der Waals surface area (Å²) in [5, 5.41) is 7.17. The second kappa shape index (κ2) is 16.5. The van der Waals surface area contributed by atoms with E-state index in [0.717, 1.165) is 44.6 Å². The molecule has 14 rings (SSSR count). The average Bonchev–Trinajstić information content (AvgIpc) is 3.97. The SMILES string of the molecule is c1ccc(-c2c(-c3ccccc3)c3cc(-c4ccc(N(c5ccc6c(c5)C(c5ccccc5)(c5ccccc5)c5ccccc5-6)c5ccc6oc7ccccc7c6c5)cc4)ccc3c3ccccc23)cc1. The number of nitrogens with zero attached hydrogens (tertiary/aromatic N) is 1. The lowest BCUT2D eigenvalue weighted by Gasteiger charge is -2.35. The van der Waals surface area contributed by atoms with Crippen LogP contribution in [-0.4, -0.2) is 0 Å². The normalized spacial score (nSPS) is 12.6. The molecule has 2 nitrogen and oxygen atoms in total. The van der Waals surface area contributed by atoms with Crippen LogP contribution >= 0.6 is 0 Å². The summed E-state index contributed by atoms with van der Waals surface area (Å²) in [5.74, 6) is 0. The van der Waals surface area contributed by atoms with Gasteiger partial charge in [0.1, 0.15) is 11.2 Å². The lowest BCUT2D eigenvalue weighted by Crippen LogP contribution is -2.28. The van der Waals surface area contributed by atoms with Gasteiger partial charge in [0, 0.05) is 27.8 Å². The van der Waals surface area contributed by atoms with Gasteiger partial charge in [-0.2, -0.15) is 0 Å². The molecule has 0 bridgehead atoms. The third kappa shape index (κ3) is 6.42. The number of fused-ring (bicyclic) bond motifs is 9. The molecule has 332 valence electrons. The highest BCUT2D eigenvalue weighted by Gasteiger charge is 2.46. The number of anilines is 3. The Balaban J connectivity index is 0.967. The van der Waals surface area contributed by atoms with Crippen LogP contribution in [0.3, 0.4) is 0 Å². The zero-order valence-electron chi connectivity index (χ0n) is 38.8. The number of rotatable bonds is 8. The number of furan rings is 1. The zero-order valence-corrected chi connectivity index (χ0v) is 38.8. The summed E-state index contributed by atoms with van der Waals surface area (Å²) in [6.45, 7) is 0. The Labute approximate surface area is 413 Å². The van der Waals surface area contributed by atoms with Gasteiger partial charge in [0.2, 0.25) is 0 Å². The van der Waals surface area contributed by atoms with Gasteiger partial charge >= 0.3 is 0 Å². The maximum atomic E-state index is 6.39. The lowest BCUT2D eigenvalue weighted by molar-refractivity contribution is 0.669. The van der Waals surface area contributed by atoms with Crippen molar-refractivity contribution in [2.24, 2.45) is 0 Å². The van der Waals surface area contributed by atoms with E-state index in [-0.39, 0.29) is 0 Å². The first kappa shape index (κ1) is 40.8. The van der Waals surface area contributed by atoms with E-state index >= 15 is 0 Å². The molecule has 1 aliphatic rings. The third-order valence-electron chi connectivity index (χ3n) is 14.9. The van der Waals surface area contributed by atoms with E-state index in [9.17, 15) is 0 Å². The van der Waals surface area contributed by atoms with Crippen LogP contribution in [0.2, 0.25) is 0 Å². The average molecular weight is 904 g/mol. The van der Waals surface area contributed by atoms with Crippen LogP contribution in [-0.2, 0) is 5.41 Å². The fourth-order valence-electron chi connectivity index (χ4n) is 11.9. The van der Waals surface area contributed by atoms with Crippen LogP contribution < -0.4 is 4.90 Å². The first-order chi connectivity index (χ1) is 35.2. The molecule has 0 spiro atoms. The minimum atomic E-state index is -0.537. The van der Waals surface area contributed by atoms with Crippen molar-refractivity contribution in [1.29, 1.82) is 0 Å². The quantitative estimate of drug-likeness (QED) is 0.141. The van der Waals surface area contributed by atoms with E-state index in [4.69, 9.17) is 4.42 Å². The first-order valence-corrected chi connectivity index (χ1v) is 24.5. The van der Waals surface area contributed by atoms with Gasteiger partial charge in [-0.25, -0.2) is 0 Å². The van der Waals surface area contributed by atoms with Gasteiger partial charge in [-0.3, -0.25) is 0 Å². The molecule has 12 aromatic carbocycles. The molecular weight excluding hydrogens is 859 g/mol. The van der Waals surface area contributed by atoms with Crippen molar-refractivity contribution in [2.45, 2.75) is 5.41 Å². The maximum absolute atomic E-state index is 6.39. The third-order valence-corrected chi connectivity index (χ3v) is 14.9. The van der Waals surface area contributed by atoms with Crippen molar-refractivity contribution in [3.05, 3.63) is 295 Å². The molecular formula is C69H45NO. The number of hydrogen-bond donors (Lipinski definition) is 0. The summed E-state index contributed by atoms with van der Waals surface area (Å²) in [6.07, 6.45) is 0. The van der Waals surface area contributed by atoms with Crippen LogP contribution in [0.1, 0.15) is 22.3 Å². The van der Waals surface area contributed by atoms with Crippen molar-refractivity contribution in [3.8, 4) is 44.5 Å². The van der Waals surface area contributed by atoms with Gasteiger partial charge in [0.25, 0.3) is 0 Å². The number of para-hydroxylation sites is 1. The highest BCUT2D eigenvalue weighted by molar-refractivity contribution is 6.22. The summed E-state index contributed by atoms with van der Waals surface area (Å²) in [6, 6.07) is 99.9. The largest absolute Gasteiger partial charge is 0.456 e. The molecule has 1 aromatic heterocycles. The van der Waals surface area contributed by atoms with Crippen molar-refractivity contribution in [2.75, 3.05) is 4.90 Å². The molecule has 0 radical (unpaired) electrons. The van der Waals surface area contributed by atoms with Crippen LogP contribution in [0.25, 0.3) is 88.0 Å². The van der Waals surface area contributed by atoms with Gasteiger partial charge < -0.3 is 9.32 Å². The molecule has 0 saturated carbocycles. The van der Waals surface area contributed by atoms with E-state index in [0.29, 0.717) is 0 Å². The summed E-state index contributed by atoms with van der Waals surface area (Å²) in [5.41, 5.74) is 19.2. The fourth-order valence-corrected chi connectivity index (χ4v) is 11.9. The Hall–Kier alpha value is -9.24. The Bertz CT molecular complexity index is 4100. The first-order valence-electron chi connectivity index (χ1n) is 24.5. The molecule has 0 aliphatic heterocycles. The van der Waals surface area contributed by atoms with Gasteiger partial charge in [0.15, 0.2) is 0 Å². The molecule has 1 heterocycles. The summed E-state index contributed by atoms with van der Waals surface area (Å²) in [4.78, 5) is 2.42. The topological polar surface area (TPSA) is 16.4 Å². The van der Waals surface area contributed by atoms with Crippen LogP contribution in [0.5, 0.6) is 0 Å². The van der Waals surface area contributed by atoms with Gasteiger partial charge in [-0.1, -0.05) is 218 Å². The van der Waals surface area contributed by atoms with E-state index < -0.39 is 5.41 Å². The van der Waals surface area contributed by atoms with Crippen molar-refractivity contribution < 1.29 is 4.42 Å². The molecule has 71 heavy (non-hydrogen) atoms. The Morgan fingerprint density at radius 2 is 0.761 bits per heavy atom. The van der Waals surface area contributed by atoms with Crippen molar-refractivity contribution in [1.82, 2.24) is 0 Å². The minimum absolute atomic E-state index is 0.537. The highest BCUT2D eigenvalue weighted by Crippen LogP contribution is 2.57. The zero-order chi connectivity index (χ0) is 46.9. The monoisotopic (exact) mass is 903 g/mol. The van der Waals surface area contributed by atoms with Gasteiger partial charge in [-0.05, 0) is 143 Å². The molecule has 0 atom stereocenters. The second-order valence-electron chi connectivity index (χ2n) is 18.7. The van der Waals surface area contributed by atoms with Crippen LogP contribution in [0.4, 0.5) is 17.1 Å². The molecule has 0 saturated heterocycles. The number of benzene rings is 12. The molecule has 13 aromatic rings. The summed E-state index contributed by atoms with van der Waals surface area (Å²) in [7, 11) is 0. The highest BCUT2D eigenvalue weighted by atomic mass is 16.3. The fraction of sp³-hybridized carbons (Fsp3) is 0.0145. The lowest BCUT2D eigenvalue weighted by atomic mass is 9.67. The molecule has 1 aliphatic carbocycles. The van der Waals surface area contributed by atoms with E-state index in [1.807, 2.05) is 6.07 Å². The number of hydrogen-bond acceptors (Lipinski definition) is 2. The summed E-state index contributed by atoms with van der Waals surface area (Å²) < 4.78 is 6.39. The van der Waals surface area contributed by atoms with Crippen molar-refractivity contribution >= 4 is 60.5 Å². The molecule has 0 unspecified atom stereocenters. The van der Waals surface area contributed by atoms with Crippen LogP contribution in [0, 0.1) is 0 Å². The second-order valence-corrected chi connectivity index (χ2v) is 18.7. The van der Waals surface area contributed by atoms with E-state index in [2.05, 4.69) is 272 Å². The summed E-state index contributed by atoms with van der Waals surface area (Å²) >= 11 is 0. The maximum Gasteiger partial charge on any atom is 0.135 e. The predicted octanol–water partition coefficient (Wildman–Crippen LogP) is 18.7.